The molecule has 0 aromatic heterocycles. The molecule has 2 aliphatic heterocycles. The number of benzene rings is 2. The van der Waals surface area contributed by atoms with E-state index in [1.54, 1.807) is 12.1 Å². The summed E-state index contributed by atoms with van der Waals surface area (Å²) in [5.74, 6) is -0.431. The van der Waals surface area contributed by atoms with Crippen molar-refractivity contribution in [3.05, 3.63) is 69.2 Å². The number of fused-ring (bicyclic) bond motifs is 1. The van der Waals surface area contributed by atoms with Crippen molar-refractivity contribution in [1.82, 2.24) is 9.80 Å². The molecule has 0 radical (unpaired) electrons. The van der Waals surface area contributed by atoms with Crippen LogP contribution in [0.2, 0.25) is 0 Å². The van der Waals surface area contributed by atoms with Gasteiger partial charge in [0.25, 0.3) is 11.8 Å². The first-order valence-corrected chi connectivity index (χ1v) is 10.8. The monoisotopic (exact) mass is 454 g/mol. The lowest BCUT2D eigenvalue weighted by molar-refractivity contribution is -0.132. The number of rotatable bonds is 5. The fourth-order valence-corrected chi connectivity index (χ4v) is 4.68. The molecule has 1 saturated heterocycles. The van der Waals surface area contributed by atoms with Crippen molar-refractivity contribution in [1.29, 1.82) is 0 Å². The van der Waals surface area contributed by atoms with Crippen molar-refractivity contribution in [2.45, 2.75) is 38.6 Å². The van der Waals surface area contributed by atoms with Gasteiger partial charge in [0.1, 0.15) is 0 Å². The molecule has 2 aromatic rings. The van der Waals surface area contributed by atoms with Crippen LogP contribution in [0.3, 0.4) is 0 Å². The summed E-state index contributed by atoms with van der Waals surface area (Å²) in [6, 6.07) is 13.5. The number of carbonyl (C=O) groups is 3. The zero-order valence-electron chi connectivity index (χ0n) is 16.4. The van der Waals surface area contributed by atoms with E-state index in [-0.39, 0.29) is 30.3 Å². The SMILES string of the molecule is Cc1ccc2c(c1)C(=O)N(CCCC(=O)N1CCCC1c1cccc(Br)c1)C2=O. The summed E-state index contributed by atoms with van der Waals surface area (Å²) >= 11 is 3.50. The Morgan fingerprint density at radius 3 is 2.69 bits per heavy atom. The summed E-state index contributed by atoms with van der Waals surface area (Å²) in [4.78, 5) is 41.1. The second kappa shape index (κ2) is 8.11. The Balaban J connectivity index is 1.37. The average molecular weight is 455 g/mol. The highest BCUT2D eigenvalue weighted by molar-refractivity contribution is 9.10. The number of likely N-dealkylation sites (tertiary alicyclic amines) is 1. The van der Waals surface area contributed by atoms with Crippen LogP contribution in [0.1, 0.15) is 63.6 Å². The van der Waals surface area contributed by atoms with Crippen LogP contribution in [0, 0.1) is 6.92 Å². The second-order valence-electron chi connectivity index (χ2n) is 7.71. The number of aryl methyl sites for hydroxylation is 1. The van der Waals surface area contributed by atoms with E-state index in [9.17, 15) is 14.4 Å². The van der Waals surface area contributed by atoms with Crippen LogP contribution in [0.15, 0.2) is 46.9 Å². The van der Waals surface area contributed by atoms with E-state index in [0.29, 0.717) is 24.0 Å². The second-order valence-corrected chi connectivity index (χ2v) is 8.63. The quantitative estimate of drug-likeness (QED) is 0.624. The van der Waals surface area contributed by atoms with E-state index in [2.05, 4.69) is 28.1 Å². The van der Waals surface area contributed by atoms with Gasteiger partial charge < -0.3 is 4.90 Å². The van der Waals surface area contributed by atoms with Gasteiger partial charge in [-0.25, -0.2) is 0 Å². The van der Waals surface area contributed by atoms with Gasteiger partial charge in [-0.15, -0.1) is 0 Å². The Bertz CT molecular complexity index is 988. The van der Waals surface area contributed by atoms with E-state index >= 15 is 0 Å². The topological polar surface area (TPSA) is 57.7 Å². The van der Waals surface area contributed by atoms with Crippen molar-refractivity contribution in [2.24, 2.45) is 0 Å². The molecule has 29 heavy (non-hydrogen) atoms. The largest absolute Gasteiger partial charge is 0.336 e. The standard InChI is InChI=1S/C23H23BrN2O3/c1-15-9-10-18-19(13-15)23(29)26(22(18)28)12-4-8-21(27)25-11-3-7-20(25)16-5-2-6-17(24)14-16/h2,5-6,9-10,13-14,20H,3-4,7-8,11-12H2,1H3. The molecular weight excluding hydrogens is 432 g/mol. The van der Waals surface area contributed by atoms with Crippen molar-refractivity contribution in [3.63, 3.8) is 0 Å². The zero-order valence-corrected chi connectivity index (χ0v) is 17.9. The summed E-state index contributed by atoms with van der Waals surface area (Å²) in [6.07, 6.45) is 2.75. The lowest BCUT2D eigenvalue weighted by atomic mass is 10.0. The highest BCUT2D eigenvalue weighted by atomic mass is 79.9. The summed E-state index contributed by atoms with van der Waals surface area (Å²) in [6.45, 7) is 2.92. The summed E-state index contributed by atoms with van der Waals surface area (Å²) in [5, 5.41) is 0. The number of hydrogen-bond acceptors (Lipinski definition) is 3. The Hall–Kier alpha value is -2.47. The van der Waals surface area contributed by atoms with Gasteiger partial charge in [-0.05, 0) is 56.0 Å². The molecule has 150 valence electrons. The normalized spacial score (nSPS) is 18.5. The molecule has 0 aliphatic carbocycles. The zero-order chi connectivity index (χ0) is 20.5. The van der Waals surface area contributed by atoms with Gasteiger partial charge in [0.05, 0.1) is 17.2 Å². The van der Waals surface area contributed by atoms with E-state index in [4.69, 9.17) is 0 Å². The van der Waals surface area contributed by atoms with Crippen LogP contribution in [0.5, 0.6) is 0 Å². The van der Waals surface area contributed by atoms with Gasteiger partial charge in [-0.3, -0.25) is 19.3 Å². The third kappa shape index (κ3) is 3.86. The lowest BCUT2D eigenvalue weighted by Gasteiger charge is -2.25. The molecule has 0 bridgehead atoms. The third-order valence-electron chi connectivity index (χ3n) is 5.71. The average Bonchev–Trinajstić information content (AvgIpc) is 3.27. The Morgan fingerprint density at radius 1 is 1.10 bits per heavy atom. The molecule has 5 nitrogen and oxygen atoms in total. The Kier molecular flexibility index (Phi) is 5.54. The molecule has 2 heterocycles. The van der Waals surface area contributed by atoms with Gasteiger partial charge >= 0.3 is 0 Å². The fourth-order valence-electron chi connectivity index (χ4n) is 4.27. The number of nitrogens with zero attached hydrogens (tertiary/aromatic N) is 2. The maximum Gasteiger partial charge on any atom is 0.261 e. The van der Waals surface area contributed by atoms with Gasteiger partial charge in [0.15, 0.2) is 0 Å². The number of halogens is 1. The van der Waals surface area contributed by atoms with Crippen LogP contribution < -0.4 is 0 Å². The Labute approximate surface area is 178 Å². The highest BCUT2D eigenvalue weighted by Gasteiger charge is 2.35. The van der Waals surface area contributed by atoms with Crippen molar-refractivity contribution in [2.75, 3.05) is 13.1 Å². The molecule has 6 heteroatoms. The minimum atomic E-state index is -0.259. The number of hydrogen-bond donors (Lipinski definition) is 0. The van der Waals surface area contributed by atoms with Crippen molar-refractivity contribution < 1.29 is 14.4 Å². The molecule has 1 unspecified atom stereocenters. The molecule has 2 aliphatic rings. The van der Waals surface area contributed by atoms with Crippen LogP contribution in [0.4, 0.5) is 0 Å². The van der Waals surface area contributed by atoms with Gasteiger partial charge in [-0.1, -0.05) is 39.7 Å². The smallest absolute Gasteiger partial charge is 0.261 e. The van der Waals surface area contributed by atoms with Gasteiger partial charge in [-0.2, -0.15) is 0 Å². The molecule has 4 rings (SSSR count). The number of carbonyl (C=O) groups excluding carboxylic acids is 3. The molecular formula is C23H23BrN2O3. The van der Waals surface area contributed by atoms with E-state index < -0.39 is 0 Å². The Morgan fingerprint density at radius 2 is 1.90 bits per heavy atom. The summed E-state index contributed by atoms with van der Waals surface area (Å²) < 4.78 is 1.01. The van der Waals surface area contributed by atoms with Gasteiger partial charge in [0.2, 0.25) is 5.91 Å². The molecule has 3 amide bonds. The molecule has 1 atom stereocenters. The first-order valence-electron chi connectivity index (χ1n) is 9.97. The molecule has 0 spiro atoms. The predicted molar refractivity (Wildman–Crippen MR) is 114 cm³/mol. The van der Waals surface area contributed by atoms with Crippen LogP contribution in [-0.2, 0) is 4.79 Å². The van der Waals surface area contributed by atoms with Gasteiger partial charge in [0, 0.05) is 24.0 Å². The first kappa shape index (κ1) is 19.8. The summed E-state index contributed by atoms with van der Waals surface area (Å²) in [7, 11) is 0. The van der Waals surface area contributed by atoms with Crippen LogP contribution in [-0.4, -0.2) is 40.6 Å². The predicted octanol–water partition coefficient (Wildman–Crippen LogP) is 4.50. The van der Waals surface area contributed by atoms with E-state index in [1.807, 2.05) is 30.0 Å². The van der Waals surface area contributed by atoms with E-state index in [0.717, 1.165) is 35.0 Å². The first-order chi connectivity index (χ1) is 14.0. The van der Waals surface area contributed by atoms with Crippen molar-refractivity contribution in [3.8, 4) is 0 Å². The maximum absolute atomic E-state index is 12.8. The lowest BCUT2D eigenvalue weighted by Crippen LogP contribution is -2.33. The third-order valence-corrected chi connectivity index (χ3v) is 6.20. The molecule has 1 fully saturated rings. The maximum atomic E-state index is 12.8. The van der Waals surface area contributed by atoms with Crippen LogP contribution >= 0.6 is 15.9 Å². The minimum Gasteiger partial charge on any atom is -0.336 e. The molecule has 0 N–H and O–H groups in total. The number of imide groups is 1. The van der Waals surface area contributed by atoms with Crippen molar-refractivity contribution >= 4 is 33.7 Å². The molecule has 2 aromatic carbocycles. The highest BCUT2D eigenvalue weighted by Crippen LogP contribution is 2.33. The molecule has 0 saturated carbocycles. The minimum absolute atomic E-state index is 0.0833. The number of amides is 3. The summed E-state index contributed by atoms with van der Waals surface area (Å²) in [5.41, 5.74) is 3.02. The van der Waals surface area contributed by atoms with Crippen LogP contribution in [0.25, 0.3) is 0 Å². The fraction of sp³-hybridized carbons (Fsp3) is 0.348. The van der Waals surface area contributed by atoms with E-state index in [1.165, 1.54) is 4.90 Å².